The zero-order valence-corrected chi connectivity index (χ0v) is 30.8. The molecule has 0 saturated heterocycles. The van der Waals surface area contributed by atoms with Gasteiger partial charge >= 0.3 is 0 Å². The minimum atomic E-state index is 0.786. The van der Waals surface area contributed by atoms with Gasteiger partial charge in [0.2, 0.25) is 0 Å². The first kappa shape index (κ1) is 37.2. The lowest BCUT2D eigenvalue weighted by molar-refractivity contribution is -0.0789. The van der Waals surface area contributed by atoms with Crippen LogP contribution in [-0.2, 0) is 0 Å². The molecule has 9 aliphatic carbocycles. The van der Waals surface area contributed by atoms with Gasteiger partial charge in [-0.15, -0.1) is 0 Å². The maximum atomic E-state index is 2.47. The molecule has 1 spiro atoms. The van der Waals surface area contributed by atoms with Gasteiger partial charge in [-0.1, -0.05) is 95.9 Å². The molecule has 0 aromatic rings. The SMILES string of the molecule is CC.CC.CC.CC(C)C12CC3CC(CC(C3)C1)C2.CC(C)C12CCC(CC1)CC2.CC(C)C1CCCCC12CC2. The van der Waals surface area contributed by atoms with Crippen molar-refractivity contribution in [2.75, 3.05) is 0 Å². The highest BCUT2D eigenvalue weighted by Crippen LogP contribution is 2.63. The molecule has 9 fully saturated rings. The zero-order chi connectivity index (χ0) is 30.8. The van der Waals surface area contributed by atoms with Crippen molar-refractivity contribution in [1.82, 2.24) is 0 Å². The third kappa shape index (κ3) is 9.03. The van der Waals surface area contributed by atoms with Crippen molar-refractivity contribution in [1.29, 1.82) is 0 Å². The maximum absolute atomic E-state index is 2.47. The van der Waals surface area contributed by atoms with Crippen molar-refractivity contribution in [3.8, 4) is 0 Å². The van der Waals surface area contributed by atoms with Crippen LogP contribution in [0.2, 0.25) is 0 Å². The zero-order valence-electron chi connectivity index (χ0n) is 30.8. The Kier molecular flexibility index (Phi) is 15.3. The van der Waals surface area contributed by atoms with E-state index in [1.807, 2.05) is 41.5 Å². The van der Waals surface area contributed by atoms with Crippen molar-refractivity contribution in [2.24, 2.45) is 63.6 Å². The minimum absolute atomic E-state index is 0.786. The van der Waals surface area contributed by atoms with Crippen LogP contribution < -0.4 is 0 Å². The molecule has 0 heterocycles. The average molecular weight is 573 g/mol. The molecule has 0 nitrogen and oxygen atoms in total. The fourth-order valence-corrected chi connectivity index (χ4v) is 11.2. The summed E-state index contributed by atoms with van der Waals surface area (Å²) in [6.07, 6.45) is 27.9. The summed E-state index contributed by atoms with van der Waals surface area (Å²) >= 11 is 0. The van der Waals surface area contributed by atoms with Crippen LogP contribution in [-0.4, -0.2) is 0 Å². The standard InChI is InChI=1S/C13H22.2C11H20.3C2H6/c1-9(2)13-6-10-3-11(7-13)5-12(4-10)8-13;1-9(2)11-6-3-10(4-7-11)5-8-11;1-9(2)10-5-3-4-6-11(10)7-8-11;3*1-2/h9-12H,3-8H2,1-2H3;2*9-10H,3-8H2,1-2H3;3*1-2H3. The summed E-state index contributed by atoms with van der Waals surface area (Å²) in [7, 11) is 0. The molecular weight excluding hydrogens is 492 g/mol. The molecule has 9 rings (SSSR count). The Labute approximate surface area is 261 Å². The van der Waals surface area contributed by atoms with Crippen LogP contribution in [0, 0.1) is 63.6 Å². The topological polar surface area (TPSA) is 0 Å². The summed E-state index contributed by atoms with van der Waals surface area (Å²) in [6.45, 7) is 26.6. The molecule has 0 amide bonds. The predicted octanol–water partition coefficient (Wildman–Crippen LogP) is 14.2. The molecule has 9 saturated carbocycles. The second-order valence-corrected chi connectivity index (χ2v) is 16.4. The van der Waals surface area contributed by atoms with Crippen LogP contribution in [0.1, 0.15) is 199 Å². The lowest BCUT2D eigenvalue weighted by Crippen LogP contribution is -2.48. The van der Waals surface area contributed by atoms with Gasteiger partial charge in [0.05, 0.1) is 0 Å². The third-order valence-electron chi connectivity index (χ3n) is 13.6. The lowest BCUT2D eigenvalue weighted by Gasteiger charge is -2.58. The maximum Gasteiger partial charge on any atom is -0.0266 e. The Morgan fingerprint density at radius 3 is 1.15 bits per heavy atom. The molecule has 1 atom stereocenters. The Morgan fingerprint density at radius 1 is 0.439 bits per heavy atom. The summed E-state index contributed by atoms with van der Waals surface area (Å²) in [5.74, 6) is 8.42. The van der Waals surface area contributed by atoms with Gasteiger partial charge in [-0.2, -0.15) is 0 Å². The number of fused-ring (bicyclic) bond motifs is 3. The fourth-order valence-electron chi connectivity index (χ4n) is 11.2. The van der Waals surface area contributed by atoms with Gasteiger partial charge in [0.1, 0.15) is 0 Å². The summed E-state index contributed by atoms with van der Waals surface area (Å²) in [5, 5.41) is 0. The lowest BCUT2D eigenvalue weighted by atomic mass is 9.47. The number of hydrogen-bond donors (Lipinski definition) is 0. The predicted molar refractivity (Wildman–Crippen MR) is 186 cm³/mol. The van der Waals surface area contributed by atoms with Crippen LogP contribution in [0.25, 0.3) is 0 Å². The van der Waals surface area contributed by atoms with Gasteiger partial charge in [-0.05, 0) is 166 Å². The van der Waals surface area contributed by atoms with Crippen molar-refractivity contribution >= 4 is 0 Å². The smallest absolute Gasteiger partial charge is 0.0266 e. The quantitative estimate of drug-likeness (QED) is 0.315. The monoisotopic (exact) mass is 573 g/mol. The molecule has 0 heteroatoms. The van der Waals surface area contributed by atoms with Gasteiger partial charge in [-0.25, -0.2) is 0 Å². The summed E-state index contributed by atoms with van der Waals surface area (Å²) < 4.78 is 0. The first-order valence-electron chi connectivity index (χ1n) is 19.7. The van der Waals surface area contributed by atoms with E-state index in [1.54, 1.807) is 57.8 Å². The average Bonchev–Trinajstić information content (AvgIpc) is 3.76. The highest BCUT2D eigenvalue weighted by Gasteiger charge is 2.52. The molecule has 0 aromatic carbocycles. The largest absolute Gasteiger partial charge is 0.0683 e. The van der Waals surface area contributed by atoms with E-state index >= 15 is 0 Å². The van der Waals surface area contributed by atoms with Gasteiger partial charge < -0.3 is 0 Å². The molecule has 41 heavy (non-hydrogen) atoms. The molecule has 244 valence electrons. The van der Waals surface area contributed by atoms with Crippen LogP contribution in [0.15, 0.2) is 0 Å². The normalized spacial score (nSPS) is 38.3. The van der Waals surface area contributed by atoms with Gasteiger partial charge in [0, 0.05) is 0 Å². The molecule has 0 aliphatic heterocycles. The van der Waals surface area contributed by atoms with E-state index in [0.717, 1.165) is 63.6 Å². The summed E-state index contributed by atoms with van der Waals surface area (Å²) in [5.41, 5.74) is 2.45. The Balaban J connectivity index is 0.000000198. The van der Waals surface area contributed by atoms with E-state index in [0.29, 0.717) is 0 Å². The molecule has 9 aliphatic rings. The molecule has 0 radical (unpaired) electrons. The molecule has 0 N–H and O–H groups in total. The second-order valence-electron chi connectivity index (χ2n) is 16.4. The highest BCUT2D eigenvalue weighted by atomic mass is 14.6. The van der Waals surface area contributed by atoms with Crippen LogP contribution in [0.4, 0.5) is 0 Å². The number of rotatable bonds is 3. The van der Waals surface area contributed by atoms with E-state index in [-0.39, 0.29) is 0 Å². The molecule has 1 unspecified atom stereocenters. The molecule has 0 aromatic heterocycles. The van der Waals surface area contributed by atoms with E-state index < -0.39 is 0 Å². The fraction of sp³-hybridized carbons (Fsp3) is 1.00. The summed E-state index contributed by atoms with van der Waals surface area (Å²) in [6, 6.07) is 0. The first-order valence-corrected chi connectivity index (χ1v) is 19.7. The van der Waals surface area contributed by atoms with Crippen molar-refractivity contribution < 1.29 is 0 Å². The molecular formula is C41H80. The van der Waals surface area contributed by atoms with Crippen molar-refractivity contribution in [3.63, 3.8) is 0 Å². The second kappa shape index (κ2) is 16.9. The van der Waals surface area contributed by atoms with Crippen LogP contribution >= 0.6 is 0 Å². The number of hydrogen-bond acceptors (Lipinski definition) is 0. The van der Waals surface area contributed by atoms with E-state index in [4.69, 9.17) is 0 Å². The van der Waals surface area contributed by atoms with Gasteiger partial charge in [0.15, 0.2) is 0 Å². The minimum Gasteiger partial charge on any atom is -0.0683 e. The van der Waals surface area contributed by atoms with Crippen molar-refractivity contribution in [2.45, 2.75) is 199 Å². The first-order chi connectivity index (χ1) is 19.7. The highest BCUT2D eigenvalue weighted by molar-refractivity contribution is 5.03. The third-order valence-corrected chi connectivity index (χ3v) is 13.6. The van der Waals surface area contributed by atoms with Gasteiger partial charge in [0.25, 0.3) is 0 Å². The van der Waals surface area contributed by atoms with Crippen molar-refractivity contribution in [3.05, 3.63) is 0 Å². The van der Waals surface area contributed by atoms with Gasteiger partial charge in [-0.3, -0.25) is 0 Å². The molecule has 6 bridgehead atoms. The van der Waals surface area contributed by atoms with Crippen LogP contribution in [0.3, 0.4) is 0 Å². The Hall–Kier alpha value is 0. The Bertz CT molecular complexity index is 634. The van der Waals surface area contributed by atoms with E-state index in [2.05, 4.69) is 41.5 Å². The summed E-state index contributed by atoms with van der Waals surface area (Å²) in [4.78, 5) is 0. The Morgan fingerprint density at radius 2 is 0.854 bits per heavy atom. The van der Waals surface area contributed by atoms with Crippen LogP contribution in [0.5, 0.6) is 0 Å². The van der Waals surface area contributed by atoms with E-state index in [9.17, 15) is 0 Å². The van der Waals surface area contributed by atoms with E-state index in [1.165, 1.54) is 57.8 Å².